The number of thiazole rings is 1. The molecule has 0 unspecified atom stereocenters. The number of ether oxygens (including phenoxy) is 3. The average molecular weight is 668 g/mol. The summed E-state index contributed by atoms with van der Waals surface area (Å²) in [5.74, 6) is 0.603. The van der Waals surface area contributed by atoms with Crippen LogP contribution in [0.4, 0.5) is 0 Å². The first-order chi connectivity index (χ1) is 20.3. The Morgan fingerprint density at radius 1 is 1.10 bits per heavy atom. The summed E-state index contributed by atoms with van der Waals surface area (Å²) in [6.07, 6.45) is 2.32. The van der Waals surface area contributed by atoms with E-state index in [-0.39, 0.29) is 5.56 Å². The normalized spacial score (nSPS) is 14.8. The van der Waals surface area contributed by atoms with Gasteiger partial charge in [0.25, 0.3) is 5.56 Å². The summed E-state index contributed by atoms with van der Waals surface area (Å²) >= 11 is 10.9. The molecule has 5 rings (SSSR count). The van der Waals surface area contributed by atoms with Crippen LogP contribution in [0.3, 0.4) is 0 Å². The number of hydrogen-bond acceptors (Lipinski definition) is 7. The Morgan fingerprint density at radius 2 is 1.83 bits per heavy atom. The quantitative estimate of drug-likeness (QED) is 0.199. The van der Waals surface area contributed by atoms with Gasteiger partial charge in [0.2, 0.25) is 0 Å². The molecule has 0 fully saturated rings. The van der Waals surface area contributed by atoms with Crippen molar-refractivity contribution in [1.29, 1.82) is 0 Å². The summed E-state index contributed by atoms with van der Waals surface area (Å²) in [4.78, 5) is 32.2. The Balaban J connectivity index is 1.59. The zero-order valence-corrected chi connectivity index (χ0v) is 26.4. The van der Waals surface area contributed by atoms with Crippen LogP contribution >= 0.6 is 38.9 Å². The van der Waals surface area contributed by atoms with Crippen molar-refractivity contribution in [1.82, 2.24) is 4.57 Å². The fraction of sp³-hybridized carbons (Fsp3) is 0.219. The minimum absolute atomic E-state index is 0.249. The van der Waals surface area contributed by atoms with Crippen molar-refractivity contribution in [3.05, 3.63) is 124 Å². The van der Waals surface area contributed by atoms with Crippen molar-refractivity contribution in [2.45, 2.75) is 32.9 Å². The molecule has 10 heteroatoms. The number of nitrogens with zero attached hydrogens (tertiary/aromatic N) is 2. The molecule has 2 heterocycles. The Bertz CT molecular complexity index is 1830. The molecule has 4 aromatic rings. The van der Waals surface area contributed by atoms with Gasteiger partial charge >= 0.3 is 5.97 Å². The van der Waals surface area contributed by atoms with Gasteiger partial charge in [-0.15, -0.1) is 0 Å². The third-order valence-electron chi connectivity index (χ3n) is 6.69. The van der Waals surface area contributed by atoms with Crippen molar-refractivity contribution in [2.75, 3.05) is 13.7 Å². The lowest BCUT2D eigenvalue weighted by molar-refractivity contribution is -0.136. The summed E-state index contributed by atoms with van der Waals surface area (Å²) in [6, 6.07) is 20.0. The first-order valence-corrected chi connectivity index (χ1v) is 15.3. The highest BCUT2D eigenvalue weighted by Gasteiger charge is 2.33. The number of hydrogen-bond donors (Lipinski definition) is 0. The van der Waals surface area contributed by atoms with Crippen molar-refractivity contribution >= 4 is 50.9 Å². The van der Waals surface area contributed by atoms with Gasteiger partial charge in [0, 0.05) is 5.02 Å². The number of carbonyl (C=O) groups excluding carboxylic acids is 1. The standard InChI is InChI=1S/C32H28BrClN2O5S/c1-4-24-27(31(38)39-3)28(21-9-7-6-8-10-21)36-30(37)26(42-32(36)35-24)17-20-15-23(33)29(25(16-20)40-5-2)41-18-19-11-13-22(34)14-12-19/h6-17,28H,4-5,18H2,1-3H3/b26-17+/t28-/m0/s1. The molecule has 0 spiro atoms. The van der Waals surface area contributed by atoms with Gasteiger partial charge in [-0.05, 0) is 76.3 Å². The second kappa shape index (κ2) is 13.1. The SMILES string of the molecule is CCOc1cc(/C=c2/sc3n(c2=O)[C@@H](c2ccccc2)C(C(=O)OC)=C(CC)N=3)cc(Br)c1OCc1ccc(Cl)cc1. The maximum atomic E-state index is 13.9. The number of aromatic nitrogens is 1. The van der Waals surface area contributed by atoms with E-state index in [4.69, 9.17) is 30.8 Å². The zero-order chi connectivity index (χ0) is 29.8. The molecule has 42 heavy (non-hydrogen) atoms. The Labute approximate surface area is 260 Å². The van der Waals surface area contributed by atoms with E-state index >= 15 is 0 Å². The monoisotopic (exact) mass is 666 g/mol. The van der Waals surface area contributed by atoms with Gasteiger partial charge in [-0.3, -0.25) is 9.36 Å². The van der Waals surface area contributed by atoms with Crippen LogP contribution in [0.25, 0.3) is 6.08 Å². The number of benzene rings is 3. The Morgan fingerprint density at radius 3 is 2.50 bits per heavy atom. The van der Waals surface area contributed by atoms with Gasteiger partial charge in [0.05, 0.1) is 40.0 Å². The number of halogens is 2. The minimum Gasteiger partial charge on any atom is -0.490 e. The highest BCUT2D eigenvalue weighted by atomic mass is 79.9. The van der Waals surface area contributed by atoms with Crippen LogP contribution in [0.5, 0.6) is 11.5 Å². The van der Waals surface area contributed by atoms with E-state index in [1.165, 1.54) is 18.4 Å². The molecule has 0 saturated carbocycles. The Hall–Kier alpha value is -3.66. The largest absolute Gasteiger partial charge is 0.490 e. The molecule has 1 aliphatic rings. The van der Waals surface area contributed by atoms with E-state index in [1.807, 2.05) is 80.6 Å². The summed E-state index contributed by atoms with van der Waals surface area (Å²) in [5, 5.41) is 0.659. The van der Waals surface area contributed by atoms with Gasteiger partial charge < -0.3 is 14.2 Å². The van der Waals surface area contributed by atoms with E-state index in [0.29, 0.717) is 61.2 Å². The van der Waals surface area contributed by atoms with Gasteiger partial charge in [-0.2, -0.15) is 0 Å². The average Bonchev–Trinajstić information content (AvgIpc) is 3.30. The number of fused-ring (bicyclic) bond motifs is 1. The van der Waals surface area contributed by atoms with Crippen LogP contribution in [0.1, 0.15) is 43.0 Å². The number of esters is 1. The molecule has 1 atom stereocenters. The van der Waals surface area contributed by atoms with Crippen LogP contribution in [0.15, 0.2) is 92.3 Å². The molecule has 0 N–H and O–H groups in total. The van der Waals surface area contributed by atoms with E-state index in [2.05, 4.69) is 15.9 Å². The van der Waals surface area contributed by atoms with Crippen LogP contribution in [0.2, 0.25) is 5.02 Å². The molecule has 0 bridgehead atoms. The van der Waals surface area contributed by atoms with E-state index in [9.17, 15) is 9.59 Å². The van der Waals surface area contributed by atoms with Crippen molar-refractivity contribution < 1.29 is 19.0 Å². The fourth-order valence-corrected chi connectivity index (χ4v) is 6.50. The number of allylic oxidation sites excluding steroid dienone is 1. The molecule has 0 saturated heterocycles. The molecule has 216 valence electrons. The predicted octanol–water partition coefficient (Wildman–Crippen LogP) is 6.19. The number of rotatable bonds is 9. The lowest BCUT2D eigenvalue weighted by Crippen LogP contribution is -2.40. The van der Waals surface area contributed by atoms with E-state index < -0.39 is 12.0 Å². The van der Waals surface area contributed by atoms with Crippen LogP contribution in [-0.4, -0.2) is 24.3 Å². The molecule has 0 amide bonds. The van der Waals surface area contributed by atoms with E-state index in [0.717, 1.165) is 16.7 Å². The van der Waals surface area contributed by atoms with E-state index in [1.54, 1.807) is 10.6 Å². The van der Waals surface area contributed by atoms with Crippen molar-refractivity contribution in [2.24, 2.45) is 4.99 Å². The lowest BCUT2D eigenvalue weighted by Gasteiger charge is -2.25. The summed E-state index contributed by atoms with van der Waals surface area (Å²) < 4.78 is 19.9. The second-order valence-electron chi connectivity index (χ2n) is 9.38. The van der Waals surface area contributed by atoms with Crippen molar-refractivity contribution in [3.8, 4) is 11.5 Å². The smallest absolute Gasteiger partial charge is 0.338 e. The Kier molecular flexibility index (Phi) is 9.30. The molecule has 1 aromatic heterocycles. The summed E-state index contributed by atoms with van der Waals surface area (Å²) in [6.45, 7) is 4.59. The molecule has 3 aromatic carbocycles. The minimum atomic E-state index is -0.652. The predicted molar refractivity (Wildman–Crippen MR) is 168 cm³/mol. The van der Waals surface area contributed by atoms with Crippen LogP contribution < -0.4 is 24.4 Å². The van der Waals surface area contributed by atoms with Gasteiger partial charge in [0.15, 0.2) is 16.3 Å². The van der Waals surface area contributed by atoms with Gasteiger partial charge in [0.1, 0.15) is 6.61 Å². The molecular formula is C32H28BrClN2O5S. The first-order valence-electron chi connectivity index (χ1n) is 13.4. The highest BCUT2D eigenvalue weighted by Crippen LogP contribution is 2.38. The summed E-state index contributed by atoms with van der Waals surface area (Å²) in [5.41, 5.74) is 3.23. The van der Waals surface area contributed by atoms with Gasteiger partial charge in [-0.1, -0.05) is 72.3 Å². The van der Waals surface area contributed by atoms with Crippen LogP contribution in [-0.2, 0) is 16.1 Å². The molecule has 0 radical (unpaired) electrons. The topological polar surface area (TPSA) is 79.1 Å². The lowest BCUT2D eigenvalue weighted by atomic mass is 9.95. The first kappa shape index (κ1) is 29.8. The third kappa shape index (κ3) is 6.09. The van der Waals surface area contributed by atoms with Crippen LogP contribution in [0, 0.1) is 0 Å². The second-order valence-corrected chi connectivity index (χ2v) is 11.7. The molecular weight excluding hydrogens is 640 g/mol. The zero-order valence-electron chi connectivity index (χ0n) is 23.2. The van der Waals surface area contributed by atoms with Gasteiger partial charge in [-0.25, -0.2) is 9.79 Å². The fourth-order valence-electron chi connectivity index (χ4n) is 4.78. The third-order valence-corrected chi connectivity index (χ3v) is 8.52. The molecule has 1 aliphatic heterocycles. The maximum absolute atomic E-state index is 13.9. The van der Waals surface area contributed by atoms with Crippen molar-refractivity contribution in [3.63, 3.8) is 0 Å². The highest BCUT2D eigenvalue weighted by molar-refractivity contribution is 9.10. The maximum Gasteiger partial charge on any atom is 0.338 e. The molecule has 0 aliphatic carbocycles. The number of methoxy groups -OCH3 is 1. The number of carbonyl (C=O) groups is 1. The molecule has 7 nitrogen and oxygen atoms in total. The summed E-state index contributed by atoms with van der Waals surface area (Å²) in [7, 11) is 1.34.